The van der Waals surface area contributed by atoms with Crippen LogP contribution >= 0.6 is 11.8 Å². The third-order valence-electron chi connectivity index (χ3n) is 3.10. The number of nitro groups is 1. The normalized spacial score (nSPS) is 10.5. The maximum absolute atomic E-state index is 12.1. The Balaban J connectivity index is 1.64. The zero-order chi connectivity index (χ0) is 16.9. The number of nitrogens with zero attached hydrogens (tertiary/aromatic N) is 5. The molecule has 0 fully saturated rings. The van der Waals surface area contributed by atoms with Gasteiger partial charge in [-0.25, -0.2) is 4.68 Å². The maximum Gasteiger partial charge on any atom is 0.270 e. The largest absolute Gasteiger partial charge is 0.293 e. The molecule has 0 spiro atoms. The third kappa shape index (κ3) is 3.63. The summed E-state index contributed by atoms with van der Waals surface area (Å²) in [6.45, 7) is 0. The second-order valence-corrected chi connectivity index (χ2v) is 5.70. The summed E-state index contributed by atoms with van der Waals surface area (Å²) in [7, 11) is 0. The van der Waals surface area contributed by atoms with Crippen LogP contribution in [0.15, 0.2) is 59.9 Å². The molecule has 2 aromatic heterocycles. The van der Waals surface area contributed by atoms with Gasteiger partial charge in [0.25, 0.3) is 5.69 Å². The highest BCUT2D eigenvalue weighted by Gasteiger charge is 2.12. The zero-order valence-corrected chi connectivity index (χ0v) is 13.1. The number of carbonyl (C=O) groups excluding carboxylic acids is 1. The lowest BCUT2D eigenvalue weighted by molar-refractivity contribution is -0.384. The Morgan fingerprint density at radius 2 is 2.08 bits per heavy atom. The van der Waals surface area contributed by atoms with Crippen LogP contribution in [0.5, 0.6) is 0 Å². The van der Waals surface area contributed by atoms with Gasteiger partial charge in [0.1, 0.15) is 5.03 Å². The molecular weight excluding hydrogens is 330 g/mol. The number of hydrogen-bond acceptors (Lipinski definition) is 7. The first kappa shape index (κ1) is 15.8. The average molecular weight is 341 g/mol. The predicted octanol–water partition coefficient (Wildman–Crippen LogP) is 2.55. The summed E-state index contributed by atoms with van der Waals surface area (Å²) in [6.07, 6.45) is 3.39. The molecule has 0 atom stereocenters. The van der Waals surface area contributed by atoms with Gasteiger partial charge in [0.15, 0.2) is 11.6 Å². The quantitative estimate of drug-likeness (QED) is 0.294. The molecule has 9 heteroatoms. The Morgan fingerprint density at radius 3 is 2.75 bits per heavy atom. The van der Waals surface area contributed by atoms with E-state index in [1.54, 1.807) is 41.3 Å². The molecule has 0 aliphatic heterocycles. The van der Waals surface area contributed by atoms with Crippen molar-refractivity contribution in [3.63, 3.8) is 0 Å². The molecule has 0 bridgehead atoms. The number of rotatable bonds is 6. The van der Waals surface area contributed by atoms with Crippen LogP contribution < -0.4 is 0 Å². The van der Waals surface area contributed by atoms with Gasteiger partial charge in [0.2, 0.25) is 0 Å². The summed E-state index contributed by atoms with van der Waals surface area (Å²) >= 11 is 1.22. The molecule has 3 aromatic rings. The van der Waals surface area contributed by atoms with Gasteiger partial charge in [-0.2, -0.15) is 5.10 Å². The van der Waals surface area contributed by atoms with Gasteiger partial charge in [-0.1, -0.05) is 23.9 Å². The summed E-state index contributed by atoms with van der Waals surface area (Å²) in [5.41, 5.74) is 0.201. The van der Waals surface area contributed by atoms with Gasteiger partial charge in [0.05, 0.1) is 10.7 Å². The lowest BCUT2D eigenvalue weighted by atomic mass is 10.1. The van der Waals surface area contributed by atoms with Crippen LogP contribution in [0.1, 0.15) is 10.4 Å². The van der Waals surface area contributed by atoms with Crippen LogP contribution in [0.25, 0.3) is 5.82 Å². The number of carbonyl (C=O) groups is 1. The van der Waals surface area contributed by atoms with Crippen LogP contribution in [0.4, 0.5) is 5.69 Å². The number of non-ortho nitro benzene ring substituents is 1. The minimum atomic E-state index is -0.524. The Hall–Kier alpha value is -3.07. The summed E-state index contributed by atoms with van der Waals surface area (Å²) in [4.78, 5) is 22.4. The van der Waals surface area contributed by atoms with Crippen LogP contribution in [0, 0.1) is 10.1 Å². The van der Waals surface area contributed by atoms with E-state index < -0.39 is 4.92 Å². The molecule has 0 amide bonds. The van der Waals surface area contributed by atoms with E-state index in [2.05, 4.69) is 15.3 Å². The molecule has 0 saturated heterocycles. The number of ketones is 1. The Kier molecular flexibility index (Phi) is 4.62. The van der Waals surface area contributed by atoms with Gasteiger partial charge in [-0.3, -0.25) is 14.9 Å². The molecule has 8 nitrogen and oxygen atoms in total. The van der Waals surface area contributed by atoms with Gasteiger partial charge in [-0.05, 0) is 18.2 Å². The molecule has 120 valence electrons. The predicted molar refractivity (Wildman–Crippen MR) is 87.3 cm³/mol. The fraction of sp³-hybridized carbons (Fsp3) is 0.0667. The maximum atomic E-state index is 12.1. The minimum Gasteiger partial charge on any atom is -0.293 e. The Bertz CT molecular complexity index is 865. The molecule has 0 aliphatic carbocycles. The molecule has 0 N–H and O–H groups in total. The zero-order valence-electron chi connectivity index (χ0n) is 12.3. The smallest absolute Gasteiger partial charge is 0.270 e. The minimum absolute atomic E-state index is 0.103. The Labute approximate surface area is 140 Å². The van der Waals surface area contributed by atoms with Crippen molar-refractivity contribution >= 4 is 23.2 Å². The van der Waals surface area contributed by atoms with Gasteiger partial charge in [0, 0.05) is 30.1 Å². The first-order valence-corrected chi connectivity index (χ1v) is 7.86. The monoisotopic (exact) mass is 341 g/mol. The summed E-state index contributed by atoms with van der Waals surface area (Å²) in [5.74, 6) is 0.493. The second-order valence-electron chi connectivity index (χ2n) is 4.70. The molecule has 1 aromatic carbocycles. The molecule has 2 heterocycles. The number of nitro benzene ring substituents is 1. The highest BCUT2D eigenvalue weighted by Crippen LogP contribution is 2.19. The fourth-order valence-electron chi connectivity index (χ4n) is 1.93. The highest BCUT2D eigenvalue weighted by molar-refractivity contribution is 7.99. The number of benzene rings is 1. The van der Waals surface area contributed by atoms with Crippen molar-refractivity contribution in [2.24, 2.45) is 0 Å². The van der Waals surface area contributed by atoms with Gasteiger partial charge >= 0.3 is 0 Å². The molecule has 0 unspecified atom stereocenters. The fourth-order valence-corrected chi connectivity index (χ4v) is 2.64. The van der Waals surface area contributed by atoms with Crippen molar-refractivity contribution < 1.29 is 9.72 Å². The number of hydrogen-bond donors (Lipinski definition) is 0. The SMILES string of the molecule is O=C(CSc1ccc(-n2cccn2)nn1)c1cccc([N+](=O)[O-])c1. The molecule has 0 saturated carbocycles. The van der Waals surface area contributed by atoms with Crippen molar-refractivity contribution in [1.29, 1.82) is 0 Å². The van der Waals surface area contributed by atoms with Gasteiger partial charge in [-0.15, -0.1) is 10.2 Å². The summed E-state index contributed by atoms with van der Waals surface area (Å²) < 4.78 is 1.58. The van der Waals surface area contributed by atoms with Crippen LogP contribution in [0.2, 0.25) is 0 Å². The van der Waals surface area contributed by atoms with E-state index in [4.69, 9.17) is 0 Å². The van der Waals surface area contributed by atoms with Crippen LogP contribution in [-0.4, -0.2) is 36.4 Å². The number of Topliss-reactive ketones (excluding diaryl/α,β-unsaturated/α-hetero) is 1. The molecule has 24 heavy (non-hydrogen) atoms. The first-order chi connectivity index (χ1) is 11.6. The van der Waals surface area contributed by atoms with Crippen molar-refractivity contribution in [3.8, 4) is 5.82 Å². The van der Waals surface area contributed by atoms with Crippen molar-refractivity contribution in [3.05, 3.63) is 70.5 Å². The van der Waals surface area contributed by atoms with E-state index in [-0.39, 0.29) is 17.2 Å². The van der Waals surface area contributed by atoms with Crippen LogP contribution in [-0.2, 0) is 0 Å². The van der Waals surface area contributed by atoms with Crippen molar-refractivity contribution in [1.82, 2.24) is 20.0 Å². The molecule has 0 aliphatic rings. The third-order valence-corrected chi connectivity index (χ3v) is 4.02. The van der Waals surface area contributed by atoms with E-state index >= 15 is 0 Å². The van der Waals surface area contributed by atoms with E-state index in [1.165, 1.54) is 30.0 Å². The van der Waals surface area contributed by atoms with E-state index in [0.29, 0.717) is 16.4 Å². The lowest BCUT2D eigenvalue weighted by Gasteiger charge is -2.02. The number of thioether (sulfide) groups is 1. The van der Waals surface area contributed by atoms with E-state index in [0.717, 1.165) is 0 Å². The topological polar surface area (TPSA) is 104 Å². The summed E-state index contributed by atoms with van der Waals surface area (Å²) in [5, 5.41) is 23.5. The molecular formula is C15H11N5O3S. The van der Waals surface area contributed by atoms with E-state index in [1.807, 2.05) is 0 Å². The van der Waals surface area contributed by atoms with Crippen LogP contribution in [0.3, 0.4) is 0 Å². The Morgan fingerprint density at radius 1 is 1.21 bits per heavy atom. The number of aromatic nitrogens is 4. The first-order valence-electron chi connectivity index (χ1n) is 6.88. The lowest BCUT2D eigenvalue weighted by Crippen LogP contribution is -2.04. The molecule has 0 radical (unpaired) electrons. The highest BCUT2D eigenvalue weighted by atomic mass is 32.2. The molecule has 3 rings (SSSR count). The van der Waals surface area contributed by atoms with Crippen molar-refractivity contribution in [2.75, 3.05) is 5.75 Å². The van der Waals surface area contributed by atoms with Crippen molar-refractivity contribution in [2.45, 2.75) is 5.03 Å². The van der Waals surface area contributed by atoms with Gasteiger partial charge < -0.3 is 0 Å². The van der Waals surface area contributed by atoms with E-state index in [9.17, 15) is 14.9 Å². The standard InChI is InChI=1S/C15H11N5O3S/c21-13(11-3-1-4-12(9-11)20(22)23)10-24-15-6-5-14(17-18-15)19-8-2-7-16-19/h1-9H,10H2. The average Bonchev–Trinajstić information content (AvgIpc) is 3.15. The second kappa shape index (κ2) is 7.01. The summed E-state index contributed by atoms with van der Waals surface area (Å²) in [6, 6.07) is 11.0.